The fourth-order valence-corrected chi connectivity index (χ4v) is 4.26. The first kappa shape index (κ1) is 14.5. The Morgan fingerprint density at radius 3 is 2.35 bits per heavy atom. The van der Waals surface area contributed by atoms with Crippen LogP contribution in [0.3, 0.4) is 0 Å². The SMILES string of the molecule is CC(=O)Nc1cc(N2C(=O)[C@@H]3[C@@H](C2=O)[C@H]2C=C[C@H]3C2)ccc1Cl. The smallest absolute Gasteiger partial charge is 0.238 e. The van der Waals surface area contributed by atoms with Crippen molar-refractivity contribution in [2.24, 2.45) is 23.7 Å². The van der Waals surface area contributed by atoms with Crippen LogP contribution in [0, 0.1) is 23.7 Å². The van der Waals surface area contributed by atoms with Crippen molar-refractivity contribution in [3.63, 3.8) is 0 Å². The predicted octanol–water partition coefficient (Wildman–Crippen LogP) is 2.61. The van der Waals surface area contributed by atoms with Crippen LogP contribution in [0.4, 0.5) is 11.4 Å². The number of halogens is 1. The highest BCUT2D eigenvalue weighted by Gasteiger charge is 2.59. The van der Waals surface area contributed by atoms with Gasteiger partial charge in [0.1, 0.15) is 0 Å². The molecule has 1 saturated heterocycles. The maximum Gasteiger partial charge on any atom is 0.238 e. The number of hydrogen-bond acceptors (Lipinski definition) is 3. The third-order valence-electron chi connectivity index (χ3n) is 4.99. The maximum absolute atomic E-state index is 12.8. The molecule has 2 fully saturated rings. The second kappa shape index (κ2) is 4.93. The fourth-order valence-electron chi connectivity index (χ4n) is 4.09. The Kier molecular flexibility index (Phi) is 3.10. The van der Waals surface area contributed by atoms with Crippen molar-refractivity contribution in [3.05, 3.63) is 35.4 Å². The normalized spacial score (nSPS) is 31.0. The van der Waals surface area contributed by atoms with Crippen molar-refractivity contribution in [3.8, 4) is 0 Å². The summed E-state index contributed by atoms with van der Waals surface area (Å²) in [7, 11) is 0. The van der Waals surface area contributed by atoms with Crippen molar-refractivity contribution in [1.82, 2.24) is 0 Å². The van der Waals surface area contributed by atoms with Crippen molar-refractivity contribution in [2.45, 2.75) is 13.3 Å². The molecule has 0 radical (unpaired) electrons. The van der Waals surface area contributed by atoms with Gasteiger partial charge in [0.15, 0.2) is 0 Å². The predicted molar refractivity (Wildman–Crippen MR) is 86.0 cm³/mol. The molecule has 0 spiro atoms. The quantitative estimate of drug-likeness (QED) is 0.669. The Labute approximate surface area is 138 Å². The molecule has 6 heteroatoms. The molecular formula is C17H15ClN2O3. The largest absolute Gasteiger partial charge is 0.325 e. The number of fused-ring (bicyclic) bond motifs is 5. The summed E-state index contributed by atoms with van der Waals surface area (Å²) in [5.41, 5.74) is 0.859. The number of anilines is 2. The van der Waals surface area contributed by atoms with E-state index in [2.05, 4.69) is 17.5 Å². The van der Waals surface area contributed by atoms with E-state index < -0.39 is 0 Å². The van der Waals surface area contributed by atoms with E-state index >= 15 is 0 Å². The number of nitrogens with one attached hydrogen (secondary N) is 1. The number of nitrogens with zero attached hydrogens (tertiary/aromatic N) is 1. The molecule has 4 atom stereocenters. The molecule has 3 aliphatic rings. The highest BCUT2D eigenvalue weighted by molar-refractivity contribution is 6.34. The minimum Gasteiger partial charge on any atom is -0.325 e. The summed E-state index contributed by atoms with van der Waals surface area (Å²) in [6.45, 7) is 1.38. The van der Waals surface area contributed by atoms with Crippen LogP contribution in [0.2, 0.25) is 5.02 Å². The molecule has 5 nitrogen and oxygen atoms in total. The van der Waals surface area contributed by atoms with Crippen LogP contribution in [0.25, 0.3) is 0 Å². The van der Waals surface area contributed by atoms with E-state index in [4.69, 9.17) is 11.6 Å². The van der Waals surface area contributed by atoms with Crippen molar-refractivity contribution < 1.29 is 14.4 Å². The number of benzene rings is 1. The molecule has 1 aromatic rings. The topological polar surface area (TPSA) is 66.5 Å². The molecule has 1 aliphatic heterocycles. The van der Waals surface area contributed by atoms with Gasteiger partial charge in [-0.05, 0) is 36.5 Å². The lowest BCUT2D eigenvalue weighted by Gasteiger charge is -2.18. The summed E-state index contributed by atoms with van der Waals surface area (Å²) >= 11 is 6.06. The van der Waals surface area contributed by atoms with E-state index in [1.54, 1.807) is 18.2 Å². The molecule has 1 heterocycles. The van der Waals surface area contributed by atoms with Gasteiger partial charge in [-0.15, -0.1) is 0 Å². The van der Waals surface area contributed by atoms with E-state index in [1.165, 1.54) is 11.8 Å². The highest BCUT2D eigenvalue weighted by atomic mass is 35.5. The van der Waals surface area contributed by atoms with Crippen LogP contribution in [0.5, 0.6) is 0 Å². The number of carbonyl (C=O) groups excluding carboxylic acids is 3. The van der Waals surface area contributed by atoms with Gasteiger partial charge in [-0.25, -0.2) is 4.90 Å². The Hall–Kier alpha value is -2.14. The Morgan fingerprint density at radius 2 is 1.78 bits per heavy atom. The van der Waals surface area contributed by atoms with Crippen molar-refractivity contribution >= 4 is 40.7 Å². The van der Waals surface area contributed by atoms with E-state index in [0.717, 1.165) is 6.42 Å². The van der Waals surface area contributed by atoms with Crippen LogP contribution >= 0.6 is 11.6 Å². The summed E-state index contributed by atoms with van der Waals surface area (Å²) in [6.07, 6.45) is 5.02. The van der Waals surface area contributed by atoms with Crippen LogP contribution < -0.4 is 10.2 Å². The summed E-state index contributed by atoms with van der Waals surface area (Å²) in [5.74, 6) is -0.681. The highest BCUT2D eigenvalue weighted by Crippen LogP contribution is 2.53. The number of amides is 3. The summed E-state index contributed by atoms with van der Waals surface area (Å²) in [4.78, 5) is 38.0. The van der Waals surface area contributed by atoms with Crippen molar-refractivity contribution in [1.29, 1.82) is 0 Å². The number of allylic oxidation sites excluding steroid dienone is 2. The van der Waals surface area contributed by atoms with Gasteiger partial charge in [0.05, 0.1) is 28.2 Å². The molecule has 0 unspecified atom stereocenters. The minimum atomic E-state index is -0.262. The number of rotatable bonds is 2. The molecule has 23 heavy (non-hydrogen) atoms. The van der Waals surface area contributed by atoms with Gasteiger partial charge in [-0.1, -0.05) is 23.8 Å². The van der Waals surface area contributed by atoms with E-state index in [-0.39, 0.29) is 41.4 Å². The zero-order valence-corrected chi connectivity index (χ0v) is 13.2. The van der Waals surface area contributed by atoms with E-state index in [9.17, 15) is 14.4 Å². The third-order valence-corrected chi connectivity index (χ3v) is 5.32. The average molecular weight is 331 g/mol. The summed E-state index contributed by atoms with van der Waals surface area (Å²) in [5, 5.41) is 2.98. The monoisotopic (exact) mass is 330 g/mol. The molecule has 118 valence electrons. The molecule has 2 aliphatic carbocycles. The Bertz CT molecular complexity index is 743. The molecule has 0 aromatic heterocycles. The van der Waals surface area contributed by atoms with Crippen LogP contribution in [-0.2, 0) is 14.4 Å². The van der Waals surface area contributed by atoms with Gasteiger partial charge >= 0.3 is 0 Å². The summed E-state index contributed by atoms with van der Waals surface area (Å²) in [6, 6.07) is 4.80. The molecule has 1 N–H and O–H groups in total. The molecular weight excluding hydrogens is 316 g/mol. The lowest BCUT2D eigenvalue weighted by atomic mass is 9.85. The van der Waals surface area contributed by atoms with Crippen LogP contribution in [-0.4, -0.2) is 17.7 Å². The Balaban J connectivity index is 1.70. The van der Waals surface area contributed by atoms with E-state index in [0.29, 0.717) is 16.4 Å². The summed E-state index contributed by atoms with van der Waals surface area (Å²) < 4.78 is 0. The molecule has 1 aromatic carbocycles. The fraction of sp³-hybridized carbons (Fsp3) is 0.353. The molecule has 4 rings (SSSR count). The van der Waals surface area contributed by atoms with Crippen LogP contribution in [0.15, 0.2) is 30.4 Å². The maximum atomic E-state index is 12.8. The zero-order chi connectivity index (χ0) is 16.3. The van der Waals surface area contributed by atoms with Crippen LogP contribution in [0.1, 0.15) is 13.3 Å². The zero-order valence-electron chi connectivity index (χ0n) is 12.5. The average Bonchev–Trinajstić information content (AvgIpc) is 3.16. The first-order chi connectivity index (χ1) is 11.0. The van der Waals surface area contributed by atoms with Gasteiger partial charge in [0.2, 0.25) is 17.7 Å². The first-order valence-corrected chi connectivity index (χ1v) is 7.98. The lowest BCUT2D eigenvalue weighted by molar-refractivity contribution is -0.123. The minimum absolute atomic E-state index is 0.145. The van der Waals surface area contributed by atoms with Gasteiger partial charge in [0, 0.05) is 6.92 Å². The molecule has 1 saturated carbocycles. The second-order valence-corrected chi connectivity index (χ2v) is 6.76. The van der Waals surface area contributed by atoms with E-state index in [1.807, 2.05) is 0 Å². The molecule has 2 bridgehead atoms. The number of carbonyl (C=O) groups is 3. The van der Waals surface area contributed by atoms with Crippen molar-refractivity contribution in [2.75, 3.05) is 10.2 Å². The standard InChI is InChI=1S/C17H15ClN2O3/c1-8(21)19-13-7-11(4-5-12(13)18)20-16(22)14-9-2-3-10(6-9)15(14)17(20)23/h2-5,7,9-10,14-15H,6H2,1H3,(H,19,21)/t9-,10-,14-,15-/m0/s1. The third kappa shape index (κ3) is 2.03. The second-order valence-electron chi connectivity index (χ2n) is 6.36. The first-order valence-electron chi connectivity index (χ1n) is 7.60. The number of imide groups is 1. The van der Waals surface area contributed by atoms with Gasteiger partial charge in [-0.2, -0.15) is 0 Å². The lowest BCUT2D eigenvalue weighted by Crippen LogP contribution is -2.32. The molecule has 3 amide bonds. The van der Waals surface area contributed by atoms with Gasteiger partial charge in [0.25, 0.3) is 0 Å². The number of hydrogen-bond donors (Lipinski definition) is 1. The Morgan fingerprint density at radius 1 is 1.17 bits per heavy atom. The van der Waals surface area contributed by atoms with Gasteiger partial charge in [-0.3, -0.25) is 14.4 Å². The van der Waals surface area contributed by atoms with Gasteiger partial charge < -0.3 is 5.32 Å².